The second-order valence-corrected chi connectivity index (χ2v) is 4.64. The van der Waals surface area contributed by atoms with Gasteiger partial charge in [-0.15, -0.1) is 5.10 Å². The predicted octanol–water partition coefficient (Wildman–Crippen LogP) is 2.78. The molecule has 1 aromatic carbocycles. The first-order valence-corrected chi connectivity index (χ1v) is 7.04. The summed E-state index contributed by atoms with van der Waals surface area (Å²) in [7, 11) is 1.64. The minimum atomic E-state index is 0.461. The summed E-state index contributed by atoms with van der Waals surface area (Å²) in [5, 5.41) is 11.2. The lowest BCUT2D eigenvalue weighted by Crippen LogP contribution is -2.23. The number of aromatic nitrogens is 3. The molecule has 0 fully saturated rings. The molecule has 1 aromatic heterocycles. The van der Waals surface area contributed by atoms with Crippen molar-refractivity contribution in [1.29, 1.82) is 0 Å². The Hall–Kier alpha value is -2.37. The van der Waals surface area contributed by atoms with Crippen molar-refractivity contribution in [2.75, 3.05) is 30.4 Å². The summed E-state index contributed by atoms with van der Waals surface area (Å²) in [6.07, 6.45) is 1.67. The standard InChI is InChI=1S/C15H21N5O/c1-5-20(6-2)14-10-16-19-15(18-14)17-12-9-11(3)7-8-13(12)21-4/h7-10H,5-6H2,1-4H3,(H,17,18,19). The van der Waals surface area contributed by atoms with Crippen molar-refractivity contribution in [2.24, 2.45) is 0 Å². The summed E-state index contributed by atoms with van der Waals surface area (Å²) in [6.45, 7) is 7.95. The Bertz CT molecular complexity index is 598. The highest BCUT2D eigenvalue weighted by atomic mass is 16.5. The van der Waals surface area contributed by atoms with Crippen molar-refractivity contribution in [3.8, 4) is 5.75 Å². The Morgan fingerprint density at radius 1 is 1.24 bits per heavy atom. The molecule has 0 spiro atoms. The van der Waals surface area contributed by atoms with E-state index in [-0.39, 0.29) is 0 Å². The number of anilines is 3. The third-order valence-corrected chi connectivity index (χ3v) is 3.24. The fourth-order valence-corrected chi connectivity index (χ4v) is 2.09. The van der Waals surface area contributed by atoms with Crippen LogP contribution < -0.4 is 15.0 Å². The second kappa shape index (κ2) is 6.88. The molecule has 2 rings (SSSR count). The van der Waals surface area contributed by atoms with Gasteiger partial charge in [-0.3, -0.25) is 0 Å². The smallest absolute Gasteiger partial charge is 0.249 e. The number of aryl methyl sites for hydroxylation is 1. The molecule has 1 heterocycles. The predicted molar refractivity (Wildman–Crippen MR) is 84.4 cm³/mol. The van der Waals surface area contributed by atoms with Crippen LogP contribution in [0, 0.1) is 6.92 Å². The van der Waals surface area contributed by atoms with Gasteiger partial charge in [0.2, 0.25) is 5.95 Å². The van der Waals surface area contributed by atoms with E-state index in [2.05, 4.69) is 39.2 Å². The van der Waals surface area contributed by atoms with Crippen LogP contribution in [0.3, 0.4) is 0 Å². The molecule has 2 aromatic rings. The highest BCUT2D eigenvalue weighted by Crippen LogP contribution is 2.27. The highest BCUT2D eigenvalue weighted by molar-refractivity contribution is 5.64. The van der Waals surface area contributed by atoms with E-state index in [0.717, 1.165) is 35.9 Å². The first kappa shape index (κ1) is 15.0. The van der Waals surface area contributed by atoms with E-state index in [1.165, 1.54) is 0 Å². The number of ether oxygens (including phenoxy) is 1. The molecule has 0 saturated carbocycles. The van der Waals surface area contributed by atoms with Gasteiger partial charge in [0, 0.05) is 13.1 Å². The van der Waals surface area contributed by atoms with E-state index >= 15 is 0 Å². The molecule has 0 bridgehead atoms. The summed E-state index contributed by atoms with van der Waals surface area (Å²) in [5.74, 6) is 2.02. The van der Waals surface area contributed by atoms with E-state index in [1.807, 2.05) is 25.1 Å². The van der Waals surface area contributed by atoms with E-state index < -0.39 is 0 Å². The van der Waals surface area contributed by atoms with Gasteiger partial charge in [0.25, 0.3) is 0 Å². The maximum Gasteiger partial charge on any atom is 0.249 e. The molecule has 0 saturated heterocycles. The fraction of sp³-hybridized carbons (Fsp3) is 0.400. The minimum absolute atomic E-state index is 0.461. The molecule has 6 nitrogen and oxygen atoms in total. The Morgan fingerprint density at radius 2 is 2.00 bits per heavy atom. The summed E-state index contributed by atoms with van der Waals surface area (Å²) in [6, 6.07) is 5.90. The number of benzene rings is 1. The molecule has 6 heteroatoms. The van der Waals surface area contributed by atoms with Gasteiger partial charge in [-0.1, -0.05) is 6.07 Å². The van der Waals surface area contributed by atoms with Crippen LogP contribution in [0.1, 0.15) is 19.4 Å². The van der Waals surface area contributed by atoms with Crippen LogP contribution in [-0.4, -0.2) is 35.4 Å². The van der Waals surface area contributed by atoms with Crippen molar-refractivity contribution in [3.05, 3.63) is 30.0 Å². The quantitative estimate of drug-likeness (QED) is 0.881. The van der Waals surface area contributed by atoms with Gasteiger partial charge in [0.05, 0.1) is 19.0 Å². The monoisotopic (exact) mass is 287 g/mol. The summed E-state index contributed by atoms with van der Waals surface area (Å²) < 4.78 is 5.34. The molecule has 0 aliphatic heterocycles. The molecule has 0 aliphatic carbocycles. The lowest BCUT2D eigenvalue weighted by Gasteiger charge is -2.19. The number of nitrogens with zero attached hydrogens (tertiary/aromatic N) is 4. The summed E-state index contributed by atoms with van der Waals surface area (Å²) >= 11 is 0. The fourth-order valence-electron chi connectivity index (χ4n) is 2.09. The molecule has 112 valence electrons. The topological polar surface area (TPSA) is 63.2 Å². The van der Waals surface area contributed by atoms with Crippen LogP contribution in [0.5, 0.6) is 5.75 Å². The molecule has 0 amide bonds. The van der Waals surface area contributed by atoms with Gasteiger partial charge in [0.15, 0.2) is 5.82 Å². The molecule has 21 heavy (non-hydrogen) atoms. The molecule has 0 radical (unpaired) electrons. The van der Waals surface area contributed by atoms with Gasteiger partial charge >= 0.3 is 0 Å². The number of methoxy groups -OCH3 is 1. The van der Waals surface area contributed by atoms with Gasteiger partial charge in [0.1, 0.15) is 5.75 Å². The average Bonchev–Trinajstić information content (AvgIpc) is 2.49. The van der Waals surface area contributed by atoms with Crippen LogP contribution in [0.25, 0.3) is 0 Å². The van der Waals surface area contributed by atoms with Gasteiger partial charge in [-0.2, -0.15) is 10.1 Å². The van der Waals surface area contributed by atoms with Crippen LogP contribution >= 0.6 is 0 Å². The Morgan fingerprint density at radius 3 is 2.67 bits per heavy atom. The number of nitrogens with one attached hydrogen (secondary N) is 1. The van der Waals surface area contributed by atoms with Gasteiger partial charge < -0.3 is 15.0 Å². The van der Waals surface area contributed by atoms with E-state index in [0.29, 0.717) is 5.95 Å². The molecule has 0 atom stereocenters. The first-order valence-electron chi connectivity index (χ1n) is 7.04. The molecule has 1 N–H and O–H groups in total. The van der Waals surface area contributed by atoms with E-state index in [9.17, 15) is 0 Å². The van der Waals surface area contributed by atoms with Gasteiger partial charge in [-0.05, 0) is 38.5 Å². The first-order chi connectivity index (χ1) is 10.2. The Labute approximate surface area is 125 Å². The maximum atomic E-state index is 5.34. The number of rotatable bonds is 6. The van der Waals surface area contributed by atoms with Crippen molar-refractivity contribution < 1.29 is 4.74 Å². The van der Waals surface area contributed by atoms with Crippen LogP contribution in [0.15, 0.2) is 24.4 Å². The number of hydrogen-bond acceptors (Lipinski definition) is 6. The molecular weight excluding hydrogens is 266 g/mol. The maximum absolute atomic E-state index is 5.34. The van der Waals surface area contributed by atoms with Crippen molar-refractivity contribution in [1.82, 2.24) is 15.2 Å². The normalized spacial score (nSPS) is 10.3. The van der Waals surface area contributed by atoms with Crippen LogP contribution in [-0.2, 0) is 0 Å². The molecule has 0 aliphatic rings. The Balaban J connectivity index is 2.28. The minimum Gasteiger partial charge on any atom is -0.495 e. The third-order valence-electron chi connectivity index (χ3n) is 3.24. The van der Waals surface area contributed by atoms with E-state index in [4.69, 9.17) is 4.74 Å². The van der Waals surface area contributed by atoms with Crippen molar-refractivity contribution >= 4 is 17.5 Å². The molecular formula is C15H21N5O. The average molecular weight is 287 g/mol. The number of hydrogen-bond donors (Lipinski definition) is 1. The van der Waals surface area contributed by atoms with Crippen molar-refractivity contribution in [2.45, 2.75) is 20.8 Å². The molecule has 0 unspecified atom stereocenters. The third kappa shape index (κ3) is 3.59. The van der Waals surface area contributed by atoms with Crippen LogP contribution in [0.2, 0.25) is 0 Å². The summed E-state index contributed by atoms with van der Waals surface area (Å²) in [5.41, 5.74) is 1.96. The van der Waals surface area contributed by atoms with Crippen LogP contribution in [0.4, 0.5) is 17.5 Å². The van der Waals surface area contributed by atoms with Gasteiger partial charge in [-0.25, -0.2) is 0 Å². The zero-order chi connectivity index (χ0) is 15.2. The highest BCUT2D eigenvalue weighted by Gasteiger charge is 2.09. The lowest BCUT2D eigenvalue weighted by atomic mass is 10.2. The SMILES string of the molecule is CCN(CC)c1cnnc(Nc2cc(C)ccc2OC)n1. The van der Waals surface area contributed by atoms with E-state index in [1.54, 1.807) is 13.3 Å². The Kier molecular flexibility index (Phi) is 4.92. The lowest BCUT2D eigenvalue weighted by molar-refractivity contribution is 0.416. The summed E-state index contributed by atoms with van der Waals surface area (Å²) in [4.78, 5) is 6.62. The largest absolute Gasteiger partial charge is 0.495 e. The second-order valence-electron chi connectivity index (χ2n) is 4.64. The van der Waals surface area contributed by atoms with Crippen molar-refractivity contribution in [3.63, 3.8) is 0 Å². The zero-order valence-electron chi connectivity index (χ0n) is 12.9. The zero-order valence-corrected chi connectivity index (χ0v) is 12.9.